The van der Waals surface area contributed by atoms with Crippen LogP contribution < -0.4 is 5.43 Å². The molecule has 3 aromatic carbocycles. The third-order valence-electron chi connectivity index (χ3n) is 3.62. The molecule has 0 saturated carbocycles. The first kappa shape index (κ1) is 11.9. The first-order valence-corrected chi connectivity index (χ1v) is 6.42. The minimum absolute atomic E-state index is 0.00107. The highest BCUT2D eigenvalue weighted by Crippen LogP contribution is 2.31. The summed E-state index contributed by atoms with van der Waals surface area (Å²) < 4.78 is 19.0. The maximum absolute atomic E-state index is 13.4. The number of phenolic OH excluding ortho intramolecular Hbond substituents is 1. The molecule has 1 N–H and O–H groups in total. The zero-order chi connectivity index (χ0) is 14.6. The molecule has 1 aromatic heterocycles. The number of fused-ring (bicyclic) bond motifs is 4. The molecule has 0 saturated heterocycles. The molecule has 0 fully saturated rings. The van der Waals surface area contributed by atoms with E-state index in [1.807, 2.05) is 0 Å². The highest BCUT2D eigenvalue weighted by Gasteiger charge is 2.13. The fourth-order valence-corrected chi connectivity index (χ4v) is 2.67. The standard InChI is InChI=1S/C17H9FO3/c18-10-5-7-13-11(8-10)17(20)16-14(21-13)6-4-9-2-1-3-12(19)15(9)16/h1-8,19H. The second-order valence-corrected chi connectivity index (χ2v) is 4.89. The van der Waals surface area contributed by atoms with Gasteiger partial charge >= 0.3 is 0 Å². The second-order valence-electron chi connectivity index (χ2n) is 4.89. The fourth-order valence-electron chi connectivity index (χ4n) is 2.67. The normalized spacial score (nSPS) is 11.5. The molecule has 0 aliphatic heterocycles. The van der Waals surface area contributed by atoms with Crippen molar-refractivity contribution in [3.63, 3.8) is 0 Å². The van der Waals surface area contributed by atoms with Gasteiger partial charge in [-0.2, -0.15) is 0 Å². The van der Waals surface area contributed by atoms with E-state index < -0.39 is 5.82 Å². The smallest absolute Gasteiger partial charge is 0.201 e. The molecule has 21 heavy (non-hydrogen) atoms. The van der Waals surface area contributed by atoms with Gasteiger partial charge in [-0.05, 0) is 35.7 Å². The number of benzene rings is 3. The van der Waals surface area contributed by atoms with Crippen molar-refractivity contribution in [2.75, 3.05) is 0 Å². The zero-order valence-corrected chi connectivity index (χ0v) is 10.8. The molecule has 0 aliphatic rings. The van der Waals surface area contributed by atoms with Gasteiger partial charge in [0.15, 0.2) is 0 Å². The van der Waals surface area contributed by atoms with Gasteiger partial charge in [-0.1, -0.05) is 18.2 Å². The average molecular weight is 280 g/mol. The quantitative estimate of drug-likeness (QED) is 0.392. The molecule has 1 heterocycles. The number of halogens is 1. The molecule has 4 aromatic rings. The maximum Gasteiger partial charge on any atom is 0.201 e. The van der Waals surface area contributed by atoms with Crippen LogP contribution in [0.15, 0.2) is 57.7 Å². The van der Waals surface area contributed by atoms with Crippen LogP contribution in [-0.2, 0) is 0 Å². The summed E-state index contributed by atoms with van der Waals surface area (Å²) in [5, 5.41) is 11.7. The van der Waals surface area contributed by atoms with Crippen LogP contribution in [0.1, 0.15) is 0 Å². The summed E-state index contributed by atoms with van der Waals surface area (Å²) in [7, 11) is 0. The molecule has 3 nitrogen and oxygen atoms in total. The number of aromatic hydroxyl groups is 1. The van der Waals surface area contributed by atoms with Crippen LogP contribution in [-0.4, -0.2) is 5.11 Å². The number of hydrogen-bond donors (Lipinski definition) is 1. The van der Waals surface area contributed by atoms with Gasteiger partial charge in [0.1, 0.15) is 22.7 Å². The SMILES string of the molecule is O=c1c2cc(F)ccc2oc2ccc3cccc(O)c3c12. The summed E-state index contributed by atoms with van der Waals surface area (Å²) in [6.45, 7) is 0. The van der Waals surface area contributed by atoms with Gasteiger partial charge in [0.05, 0.1) is 10.8 Å². The van der Waals surface area contributed by atoms with Gasteiger partial charge in [0.2, 0.25) is 5.43 Å². The van der Waals surface area contributed by atoms with Crippen molar-refractivity contribution >= 4 is 32.7 Å². The van der Waals surface area contributed by atoms with E-state index in [1.165, 1.54) is 18.2 Å². The Labute approximate surface area is 117 Å². The van der Waals surface area contributed by atoms with E-state index in [2.05, 4.69) is 0 Å². The number of rotatable bonds is 0. The van der Waals surface area contributed by atoms with Crippen molar-refractivity contribution in [1.29, 1.82) is 0 Å². The van der Waals surface area contributed by atoms with Crippen LogP contribution in [0.3, 0.4) is 0 Å². The topological polar surface area (TPSA) is 50.4 Å². The van der Waals surface area contributed by atoms with E-state index in [1.54, 1.807) is 24.3 Å². The number of phenols is 1. The molecule has 0 atom stereocenters. The third-order valence-corrected chi connectivity index (χ3v) is 3.62. The van der Waals surface area contributed by atoms with Crippen molar-refractivity contribution in [2.45, 2.75) is 0 Å². The van der Waals surface area contributed by atoms with Crippen LogP contribution in [0.2, 0.25) is 0 Å². The van der Waals surface area contributed by atoms with Crippen LogP contribution in [0, 0.1) is 5.82 Å². The first-order chi connectivity index (χ1) is 10.1. The molecule has 0 aliphatic carbocycles. The lowest BCUT2D eigenvalue weighted by atomic mass is 10.0. The maximum atomic E-state index is 13.4. The average Bonchev–Trinajstić information content (AvgIpc) is 2.48. The molecule has 0 spiro atoms. The monoisotopic (exact) mass is 280 g/mol. The van der Waals surface area contributed by atoms with Crippen LogP contribution in [0.5, 0.6) is 5.75 Å². The van der Waals surface area contributed by atoms with Gasteiger partial charge in [-0.3, -0.25) is 4.79 Å². The molecule has 0 unspecified atom stereocenters. The fraction of sp³-hybridized carbons (Fsp3) is 0. The molecule has 0 bridgehead atoms. The van der Waals surface area contributed by atoms with Gasteiger partial charge < -0.3 is 9.52 Å². The van der Waals surface area contributed by atoms with E-state index in [4.69, 9.17) is 4.42 Å². The van der Waals surface area contributed by atoms with Gasteiger partial charge in [-0.25, -0.2) is 4.39 Å². The minimum Gasteiger partial charge on any atom is -0.507 e. The lowest BCUT2D eigenvalue weighted by Gasteiger charge is -2.06. The van der Waals surface area contributed by atoms with Crippen molar-refractivity contribution in [3.05, 3.63) is 64.6 Å². The Morgan fingerprint density at radius 1 is 0.952 bits per heavy atom. The minimum atomic E-state index is -0.501. The predicted octanol–water partition coefficient (Wildman–Crippen LogP) is 3.94. The molecule has 102 valence electrons. The van der Waals surface area contributed by atoms with Crippen molar-refractivity contribution in [2.24, 2.45) is 0 Å². The summed E-state index contributed by atoms with van der Waals surface area (Å²) in [5.41, 5.74) is 0.342. The Kier molecular flexibility index (Phi) is 2.30. The van der Waals surface area contributed by atoms with Crippen LogP contribution >= 0.6 is 0 Å². The van der Waals surface area contributed by atoms with E-state index in [0.717, 1.165) is 11.5 Å². The summed E-state index contributed by atoms with van der Waals surface area (Å²) in [6, 6.07) is 12.3. The molecular weight excluding hydrogens is 271 g/mol. The highest BCUT2D eigenvalue weighted by atomic mass is 19.1. The summed E-state index contributed by atoms with van der Waals surface area (Å²) in [4.78, 5) is 12.7. The second kappa shape index (κ2) is 4.06. The molecule has 4 rings (SSSR count). The van der Waals surface area contributed by atoms with E-state index >= 15 is 0 Å². The lowest BCUT2D eigenvalue weighted by Crippen LogP contribution is -2.03. The summed E-state index contributed by atoms with van der Waals surface area (Å²) in [6.07, 6.45) is 0. The Bertz CT molecular complexity index is 1080. The van der Waals surface area contributed by atoms with Crippen molar-refractivity contribution < 1.29 is 13.9 Å². The highest BCUT2D eigenvalue weighted by molar-refractivity contribution is 6.10. The summed E-state index contributed by atoms with van der Waals surface area (Å²) >= 11 is 0. The van der Waals surface area contributed by atoms with Gasteiger partial charge in [0, 0.05) is 5.39 Å². The Hall–Kier alpha value is -2.88. The molecule has 0 amide bonds. The van der Waals surface area contributed by atoms with Gasteiger partial charge in [0.25, 0.3) is 0 Å². The van der Waals surface area contributed by atoms with Gasteiger partial charge in [-0.15, -0.1) is 0 Å². The van der Waals surface area contributed by atoms with Crippen molar-refractivity contribution in [1.82, 2.24) is 0 Å². The first-order valence-electron chi connectivity index (χ1n) is 6.42. The summed E-state index contributed by atoms with van der Waals surface area (Å²) in [5.74, 6) is -0.500. The largest absolute Gasteiger partial charge is 0.507 e. The van der Waals surface area contributed by atoms with E-state index in [-0.39, 0.29) is 22.0 Å². The van der Waals surface area contributed by atoms with Crippen molar-refractivity contribution in [3.8, 4) is 5.75 Å². The Morgan fingerprint density at radius 3 is 2.62 bits per heavy atom. The lowest BCUT2D eigenvalue weighted by molar-refractivity contribution is 0.482. The molecule has 0 radical (unpaired) electrons. The third kappa shape index (κ3) is 1.62. The number of hydrogen-bond acceptors (Lipinski definition) is 3. The predicted molar refractivity (Wildman–Crippen MR) is 79.1 cm³/mol. The van der Waals surface area contributed by atoms with E-state index in [0.29, 0.717) is 16.6 Å². The zero-order valence-electron chi connectivity index (χ0n) is 10.8. The van der Waals surface area contributed by atoms with Crippen LogP contribution in [0.4, 0.5) is 4.39 Å². The van der Waals surface area contributed by atoms with Crippen LogP contribution in [0.25, 0.3) is 32.7 Å². The Morgan fingerprint density at radius 2 is 1.76 bits per heavy atom. The molecule has 4 heteroatoms. The van der Waals surface area contributed by atoms with E-state index in [9.17, 15) is 14.3 Å². The Balaban J connectivity index is 2.36. The molecular formula is C17H9FO3.